The lowest BCUT2D eigenvalue weighted by Gasteiger charge is -2.11. The average Bonchev–Trinajstić information content (AvgIpc) is 3.19. The van der Waals surface area contributed by atoms with Gasteiger partial charge in [-0.15, -0.1) is 5.10 Å². The predicted octanol–water partition coefficient (Wildman–Crippen LogP) is 4.07. The Kier molecular flexibility index (Phi) is 3.79. The zero-order valence-corrected chi connectivity index (χ0v) is 15.4. The van der Waals surface area contributed by atoms with Crippen LogP contribution in [0.2, 0.25) is 0 Å². The maximum Gasteiger partial charge on any atom is 0.351 e. The Bertz CT molecular complexity index is 1350. The normalized spacial score (nSPS) is 11.3. The summed E-state index contributed by atoms with van der Waals surface area (Å²) in [6.07, 6.45) is 0. The molecule has 0 fully saturated rings. The topological polar surface area (TPSA) is 52.2 Å². The summed E-state index contributed by atoms with van der Waals surface area (Å²) in [5.74, 6) is 0.552. The number of nitrogens with zero attached hydrogens (tertiary/aromatic N) is 4. The highest BCUT2D eigenvalue weighted by atomic mass is 16.2. The standard InChI is InChI=1S/C23H18N4O/c1-16-11-13-17(14-12-16)15-26-20-10-6-5-9-19(20)22-24-21(25-27(22)23(26)28)18-7-3-2-4-8-18/h2-14H,15H2,1H3. The highest BCUT2D eigenvalue weighted by Gasteiger charge is 2.15. The maximum atomic E-state index is 13.3. The molecule has 5 nitrogen and oxygen atoms in total. The molecule has 0 spiro atoms. The van der Waals surface area contributed by atoms with E-state index in [0.717, 1.165) is 22.0 Å². The van der Waals surface area contributed by atoms with Crippen LogP contribution in [0.3, 0.4) is 0 Å². The van der Waals surface area contributed by atoms with Crippen LogP contribution < -0.4 is 5.69 Å². The summed E-state index contributed by atoms with van der Waals surface area (Å²) in [6.45, 7) is 2.54. The van der Waals surface area contributed by atoms with Gasteiger partial charge in [-0.2, -0.15) is 4.52 Å². The second kappa shape index (κ2) is 6.46. The van der Waals surface area contributed by atoms with Crippen LogP contribution in [-0.2, 0) is 6.54 Å². The van der Waals surface area contributed by atoms with Crippen molar-refractivity contribution in [3.05, 3.63) is 100 Å². The lowest BCUT2D eigenvalue weighted by molar-refractivity contribution is 0.716. The number of hydrogen-bond donors (Lipinski definition) is 0. The van der Waals surface area contributed by atoms with E-state index in [0.29, 0.717) is 18.0 Å². The van der Waals surface area contributed by atoms with Crippen LogP contribution in [0.15, 0.2) is 83.7 Å². The molecule has 0 unspecified atom stereocenters. The molecule has 0 aliphatic rings. The van der Waals surface area contributed by atoms with Gasteiger partial charge in [0.1, 0.15) is 0 Å². The van der Waals surface area contributed by atoms with E-state index in [4.69, 9.17) is 0 Å². The van der Waals surface area contributed by atoms with Crippen LogP contribution >= 0.6 is 0 Å². The first-order valence-electron chi connectivity index (χ1n) is 9.20. The highest BCUT2D eigenvalue weighted by Crippen LogP contribution is 2.21. The molecule has 5 aromatic rings. The molecule has 0 N–H and O–H groups in total. The van der Waals surface area contributed by atoms with Gasteiger partial charge in [-0.1, -0.05) is 72.3 Å². The zero-order chi connectivity index (χ0) is 19.1. The second-order valence-electron chi connectivity index (χ2n) is 6.91. The zero-order valence-electron chi connectivity index (χ0n) is 15.4. The van der Waals surface area contributed by atoms with Gasteiger partial charge in [0.05, 0.1) is 12.1 Å². The third-order valence-electron chi connectivity index (χ3n) is 4.95. The van der Waals surface area contributed by atoms with E-state index in [9.17, 15) is 4.79 Å². The van der Waals surface area contributed by atoms with Crippen LogP contribution in [-0.4, -0.2) is 19.2 Å². The van der Waals surface area contributed by atoms with E-state index in [1.807, 2.05) is 54.6 Å². The molecule has 3 aromatic carbocycles. The molecule has 2 heterocycles. The SMILES string of the molecule is Cc1ccc(Cn2c(=O)n3nc(-c4ccccc4)nc3c3ccccc32)cc1. The van der Waals surface area contributed by atoms with Gasteiger partial charge >= 0.3 is 5.69 Å². The van der Waals surface area contributed by atoms with Crippen molar-refractivity contribution >= 4 is 16.6 Å². The molecule has 0 atom stereocenters. The molecule has 0 saturated heterocycles. The van der Waals surface area contributed by atoms with Gasteiger partial charge in [-0.3, -0.25) is 4.57 Å². The lowest BCUT2D eigenvalue weighted by atomic mass is 10.1. The van der Waals surface area contributed by atoms with E-state index in [1.165, 1.54) is 10.1 Å². The number of fused-ring (bicyclic) bond motifs is 3. The van der Waals surface area contributed by atoms with E-state index >= 15 is 0 Å². The first kappa shape index (κ1) is 16.4. The monoisotopic (exact) mass is 366 g/mol. The van der Waals surface area contributed by atoms with Crippen LogP contribution in [0.5, 0.6) is 0 Å². The van der Waals surface area contributed by atoms with Crippen molar-refractivity contribution in [2.75, 3.05) is 0 Å². The molecule has 0 saturated carbocycles. The minimum absolute atomic E-state index is 0.191. The van der Waals surface area contributed by atoms with Gasteiger partial charge in [0.15, 0.2) is 11.5 Å². The fourth-order valence-corrected chi connectivity index (χ4v) is 3.47. The Balaban J connectivity index is 1.76. The van der Waals surface area contributed by atoms with E-state index < -0.39 is 0 Å². The minimum Gasteiger partial charge on any atom is -0.287 e. The Morgan fingerprint density at radius 3 is 2.36 bits per heavy atom. The molecule has 0 amide bonds. The molecule has 5 heteroatoms. The van der Waals surface area contributed by atoms with Crippen molar-refractivity contribution in [2.24, 2.45) is 0 Å². The lowest BCUT2D eigenvalue weighted by Crippen LogP contribution is -2.28. The molecule has 2 aromatic heterocycles. The van der Waals surface area contributed by atoms with E-state index in [-0.39, 0.29) is 5.69 Å². The number of benzene rings is 3. The summed E-state index contributed by atoms with van der Waals surface area (Å²) in [5, 5.41) is 5.43. The Morgan fingerprint density at radius 1 is 0.857 bits per heavy atom. The third-order valence-corrected chi connectivity index (χ3v) is 4.95. The summed E-state index contributed by atoms with van der Waals surface area (Å²) >= 11 is 0. The van der Waals surface area contributed by atoms with Crippen molar-refractivity contribution in [3.63, 3.8) is 0 Å². The van der Waals surface area contributed by atoms with Gasteiger partial charge in [0.25, 0.3) is 0 Å². The third kappa shape index (κ3) is 2.68. The van der Waals surface area contributed by atoms with Crippen molar-refractivity contribution in [1.82, 2.24) is 19.2 Å². The number of para-hydroxylation sites is 1. The van der Waals surface area contributed by atoms with Crippen LogP contribution in [0.1, 0.15) is 11.1 Å². The minimum atomic E-state index is -0.191. The fourth-order valence-electron chi connectivity index (χ4n) is 3.47. The molecule has 0 aliphatic heterocycles. The van der Waals surface area contributed by atoms with Crippen LogP contribution in [0.4, 0.5) is 0 Å². The number of rotatable bonds is 3. The summed E-state index contributed by atoms with van der Waals surface area (Å²) in [4.78, 5) is 18.0. The van der Waals surface area contributed by atoms with Gasteiger partial charge < -0.3 is 0 Å². The highest BCUT2D eigenvalue weighted by molar-refractivity contribution is 5.91. The van der Waals surface area contributed by atoms with Gasteiger partial charge in [0, 0.05) is 10.9 Å². The summed E-state index contributed by atoms with van der Waals surface area (Å²) in [5.41, 5.74) is 4.40. The van der Waals surface area contributed by atoms with Crippen molar-refractivity contribution in [1.29, 1.82) is 0 Å². The first-order valence-corrected chi connectivity index (χ1v) is 9.20. The molecule has 5 rings (SSSR count). The molecule has 28 heavy (non-hydrogen) atoms. The number of aromatic nitrogens is 4. The number of aryl methyl sites for hydroxylation is 1. The van der Waals surface area contributed by atoms with E-state index in [1.54, 1.807) is 4.57 Å². The van der Waals surface area contributed by atoms with Crippen molar-refractivity contribution < 1.29 is 0 Å². The second-order valence-corrected chi connectivity index (χ2v) is 6.91. The van der Waals surface area contributed by atoms with E-state index in [2.05, 4.69) is 41.3 Å². The van der Waals surface area contributed by atoms with Gasteiger partial charge in [-0.05, 0) is 24.6 Å². The summed E-state index contributed by atoms with van der Waals surface area (Å²) in [7, 11) is 0. The maximum absolute atomic E-state index is 13.3. The predicted molar refractivity (Wildman–Crippen MR) is 110 cm³/mol. The fraction of sp³-hybridized carbons (Fsp3) is 0.0870. The largest absolute Gasteiger partial charge is 0.351 e. The quantitative estimate of drug-likeness (QED) is 0.484. The Morgan fingerprint density at radius 2 is 1.57 bits per heavy atom. The Labute approximate surface area is 161 Å². The van der Waals surface area contributed by atoms with Crippen molar-refractivity contribution in [3.8, 4) is 11.4 Å². The molecule has 0 radical (unpaired) electrons. The molecular formula is C23H18N4O. The molecule has 0 bridgehead atoms. The number of hydrogen-bond acceptors (Lipinski definition) is 3. The van der Waals surface area contributed by atoms with Crippen molar-refractivity contribution in [2.45, 2.75) is 13.5 Å². The van der Waals surface area contributed by atoms with Crippen LogP contribution in [0, 0.1) is 6.92 Å². The smallest absolute Gasteiger partial charge is 0.287 e. The summed E-state index contributed by atoms with van der Waals surface area (Å²) in [6, 6.07) is 25.8. The van der Waals surface area contributed by atoms with Gasteiger partial charge in [0.2, 0.25) is 0 Å². The first-order chi connectivity index (χ1) is 13.7. The van der Waals surface area contributed by atoms with Crippen LogP contribution in [0.25, 0.3) is 27.9 Å². The average molecular weight is 366 g/mol. The summed E-state index contributed by atoms with van der Waals surface area (Å²) < 4.78 is 3.18. The Hall–Kier alpha value is -3.73. The molecular weight excluding hydrogens is 348 g/mol. The molecule has 0 aliphatic carbocycles. The van der Waals surface area contributed by atoms with Gasteiger partial charge in [-0.25, -0.2) is 9.78 Å². The molecule has 136 valence electrons.